The first-order valence-electron chi connectivity index (χ1n) is 7.47. The number of aromatic hydroxyl groups is 1. The van der Waals surface area contributed by atoms with Gasteiger partial charge in [0, 0.05) is 12.5 Å². The minimum Gasteiger partial charge on any atom is -0.506 e. The van der Waals surface area contributed by atoms with E-state index in [1.165, 1.54) is 19.2 Å². The van der Waals surface area contributed by atoms with Gasteiger partial charge in [-0.25, -0.2) is 9.59 Å². The minimum absolute atomic E-state index is 0.134. The number of rotatable bonds is 5. The van der Waals surface area contributed by atoms with Crippen LogP contribution >= 0.6 is 0 Å². The van der Waals surface area contributed by atoms with Crippen LogP contribution in [0.3, 0.4) is 0 Å². The topological polar surface area (TPSA) is 105 Å². The average molecular weight is 339 g/mol. The van der Waals surface area contributed by atoms with Crippen molar-refractivity contribution in [2.75, 3.05) is 12.4 Å². The molecule has 7 nitrogen and oxygen atoms in total. The molecule has 1 aromatic carbocycles. The van der Waals surface area contributed by atoms with Crippen molar-refractivity contribution in [2.45, 2.75) is 51.7 Å². The lowest BCUT2D eigenvalue weighted by Gasteiger charge is -2.31. The molecule has 1 unspecified atom stereocenters. The van der Waals surface area contributed by atoms with E-state index in [-0.39, 0.29) is 11.4 Å². The van der Waals surface area contributed by atoms with Crippen LogP contribution < -0.4 is 5.32 Å². The second kappa shape index (κ2) is 7.09. The minimum atomic E-state index is -1.10. The zero-order valence-electron chi connectivity index (χ0n) is 14.8. The highest BCUT2D eigenvalue weighted by molar-refractivity contribution is 5.87. The zero-order valence-corrected chi connectivity index (χ0v) is 14.8. The maximum absolute atomic E-state index is 11.9. The third-order valence-electron chi connectivity index (χ3n) is 3.49. The van der Waals surface area contributed by atoms with Gasteiger partial charge in [-0.15, -0.1) is 0 Å². The number of benzene rings is 1. The summed E-state index contributed by atoms with van der Waals surface area (Å²) in [4.78, 5) is 23.2. The molecule has 0 bridgehead atoms. The highest BCUT2D eigenvalue weighted by Crippen LogP contribution is 2.34. The molecular formula is C17H25NO6. The Labute approximate surface area is 141 Å². The van der Waals surface area contributed by atoms with E-state index in [2.05, 4.69) is 5.32 Å². The van der Waals surface area contributed by atoms with E-state index >= 15 is 0 Å². The Morgan fingerprint density at radius 3 is 2.21 bits per heavy atom. The first-order chi connectivity index (χ1) is 10.9. The predicted octanol–water partition coefficient (Wildman–Crippen LogP) is 3.12. The number of anilines is 1. The van der Waals surface area contributed by atoms with Gasteiger partial charge in [0.05, 0.1) is 5.69 Å². The Bertz CT molecular complexity index is 618. The van der Waals surface area contributed by atoms with Crippen molar-refractivity contribution < 1.29 is 29.3 Å². The number of aliphatic carboxylic acids is 1. The molecule has 0 aliphatic carbocycles. The number of ether oxygens (including phenoxy) is 2. The molecule has 0 spiro atoms. The summed E-state index contributed by atoms with van der Waals surface area (Å²) in [6, 6.07) is 4.48. The smallest absolute Gasteiger partial charge is 0.412 e. The van der Waals surface area contributed by atoms with Gasteiger partial charge in [-0.1, -0.05) is 19.9 Å². The van der Waals surface area contributed by atoms with Gasteiger partial charge in [-0.05, 0) is 38.5 Å². The Morgan fingerprint density at radius 2 is 1.75 bits per heavy atom. The van der Waals surface area contributed by atoms with Crippen molar-refractivity contribution in [3.8, 4) is 5.75 Å². The van der Waals surface area contributed by atoms with E-state index in [0.29, 0.717) is 5.56 Å². The van der Waals surface area contributed by atoms with Gasteiger partial charge in [0.2, 0.25) is 0 Å². The van der Waals surface area contributed by atoms with Crippen LogP contribution in [-0.2, 0) is 19.7 Å². The summed E-state index contributed by atoms with van der Waals surface area (Å²) in [7, 11) is 1.32. The van der Waals surface area contributed by atoms with Crippen molar-refractivity contribution in [3.05, 3.63) is 23.8 Å². The maximum atomic E-state index is 11.9. The Kier molecular flexibility index (Phi) is 5.84. The third kappa shape index (κ3) is 4.86. The molecule has 0 aliphatic heterocycles. The maximum Gasteiger partial charge on any atom is 0.412 e. The number of phenols is 1. The fraction of sp³-hybridized carbons (Fsp3) is 0.529. The van der Waals surface area contributed by atoms with Crippen molar-refractivity contribution in [2.24, 2.45) is 0 Å². The van der Waals surface area contributed by atoms with Crippen LogP contribution in [0, 0.1) is 0 Å². The highest BCUT2D eigenvalue weighted by atomic mass is 16.6. The lowest BCUT2D eigenvalue weighted by atomic mass is 9.79. The third-order valence-corrected chi connectivity index (χ3v) is 3.49. The summed E-state index contributed by atoms with van der Waals surface area (Å²) in [5.41, 5.74) is -0.852. The van der Waals surface area contributed by atoms with Crippen LogP contribution in [0.2, 0.25) is 0 Å². The summed E-state index contributed by atoms with van der Waals surface area (Å²) >= 11 is 0. The second-order valence-corrected chi connectivity index (χ2v) is 7.03. The Hall–Kier alpha value is -2.28. The molecule has 1 rings (SSSR count). The number of carboxylic acid groups (broad SMARTS) is 1. The number of hydrogen-bond donors (Lipinski definition) is 3. The fourth-order valence-corrected chi connectivity index (χ4v) is 2.31. The van der Waals surface area contributed by atoms with E-state index in [9.17, 15) is 19.8 Å². The first-order valence-corrected chi connectivity index (χ1v) is 7.47. The van der Waals surface area contributed by atoms with Gasteiger partial charge in [-0.2, -0.15) is 0 Å². The number of amides is 1. The standard InChI is InChI=1S/C17H25NO6/c1-16(2,3)24-15(22)18-11-9-10(7-8-12(11)19)17(4,5)13(23-6)14(20)21/h7-9,13,19H,1-6H3,(H,18,22)(H,20,21). The first kappa shape index (κ1) is 19.8. The molecule has 0 fully saturated rings. The second-order valence-electron chi connectivity index (χ2n) is 7.03. The number of methoxy groups -OCH3 is 1. The molecule has 1 amide bonds. The summed E-state index contributed by atoms with van der Waals surface area (Å²) in [6.07, 6.45) is -1.80. The SMILES string of the molecule is COC(C(=O)O)C(C)(C)c1ccc(O)c(NC(=O)OC(C)(C)C)c1. The molecule has 7 heteroatoms. The number of carboxylic acids is 1. The van der Waals surface area contributed by atoms with Crippen LogP contribution in [0.5, 0.6) is 5.75 Å². The molecule has 0 radical (unpaired) electrons. The molecule has 0 saturated carbocycles. The van der Waals surface area contributed by atoms with Crippen LogP contribution in [-0.4, -0.2) is 41.1 Å². The van der Waals surface area contributed by atoms with Gasteiger partial charge < -0.3 is 19.7 Å². The Morgan fingerprint density at radius 1 is 1.17 bits per heavy atom. The van der Waals surface area contributed by atoms with E-state index in [1.54, 1.807) is 40.7 Å². The average Bonchev–Trinajstić information content (AvgIpc) is 2.38. The number of nitrogens with one attached hydrogen (secondary N) is 1. The van der Waals surface area contributed by atoms with Crippen molar-refractivity contribution in [3.63, 3.8) is 0 Å². The molecule has 134 valence electrons. The van der Waals surface area contributed by atoms with Crippen molar-refractivity contribution in [1.29, 1.82) is 0 Å². The van der Waals surface area contributed by atoms with Gasteiger partial charge in [0.1, 0.15) is 11.4 Å². The van der Waals surface area contributed by atoms with Crippen LogP contribution in [0.4, 0.5) is 10.5 Å². The normalized spacial score (nSPS) is 13.2. The summed E-state index contributed by atoms with van der Waals surface area (Å²) in [5.74, 6) is -1.25. The van der Waals surface area contributed by atoms with Gasteiger partial charge in [0.25, 0.3) is 0 Å². The predicted molar refractivity (Wildman–Crippen MR) is 89.4 cm³/mol. The molecule has 0 saturated heterocycles. The van der Waals surface area contributed by atoms with E-state index in [1.807, 2.05) is 0 Å². The number of carbonyl (C=O) groups is 2. The van der Waals surface area contributed by atoms with Crippen LogP contribution in [0.25, 0.3) is 0 Å². The molecule has 1 aromatic rings. The van der Waals surface area contributed by atoms with E-state index < -0.39 is 29.2 Å². The highest BCUT2D eigenvalue weighted by Gasteiger charge is 2.37. The Balaban J connectivity index is 3.13. The van der Waals surface area contributed by atoms with E-state index in [4.69, 9.17) is 9.47 Å². The molecule has 0 aliphatic rings. The molecule has 0 aromatic heterocycles. The van der Waals surface area contributed by atoms with Gasteiger partial charge in [0.15, 0.2) is 6.10 Å². The van der Waals surface area contributed by atoms with Gasteiger partial charge >= 0.3 is 12.1 Å². The quantitative estimate of drug-likeness (QED) is 0.712. The summed E-state index contributed by atoms with van der Waals surface area (Å²) in [6.45, 7) is 8.59. The zero-order chi connectivity index (χ0) is 18.7. The van der Waals surface area contributed by atoms with E-state index in [0.717, 1.165) is 0 Å². The lowest BCUT2D eigenvalue weighted by molar-refractivity contribution is -0.152. The monoisotopic (exact) mass is 339 g/mol. The largest absolute Gasteiger partial charge is 0.506 e. The molecular weight excluding hydrogens is 314 g/mol. The number of carbonyl (C=O) groups excluding carboxylic acids is 1. The van der Waals surface area contributed by atoms with Gasteiger partial charge in [-0.3, -0.25) is 5.32 Å². The van der Waals surface area contributed by atoms with Crippen LogP contribution in [0.15, 0.2) is 18.2 Å². The molecule has 0 heterocycles. The van der Waals surface area contributed by atoms with Crippen molar-refractivity contribution in [1.82, 2.24) is 0 Å². The van der Waals surface area contributed by atoms with Crippen LogP contribution in [0.1, 0.15) is 40.2 Å². The molecule has 24 heavy (non-hydrogen) atoms. The molecule has 1 atom stereocenters. The molecule has 3 N–H and O–H groups in total. The summed E-state index contributed by atoms with van der Waals surface area (Å²) < 4.78 is 10.2. The van der Waals surface area contributed by atoms with Crippen molar-refractivity contribution >= 4 is 17.7 Å². The lowest BCUT2D eigenvalue weighted by Crippen LogP contribution is -2.41. The number of phenolic OH excluding ortho intramolecular Hbond substituents is 1. The summed E-state index contributed by atoms with van der Waals surface area (Å²) in [5, 5.41) is 21.7. The number of hydrogen-bond acceptors (Lipinski definition) is 5. The fourth-order valence-electron chi connectivity index (χ4n) is 2.31.